The number of hydrogen-bond donors (Lipinski definition) is 0. The lowest BCUT2D eigenvalue weighted by Gasteiger charge is -2.21. The van der Waals surface area contributed by atoms with Crippen molar-refractivity contribution in [3.63, 3.8) is 0 Å². The molecule has 150 valence electrons. The third kappa shape index (κ3) is 3.49. The highest BCUT2D eigenvalue weighted by molar-refractivity contribution is 6.02. The van der Waals surface area contributed by atoms with Gasteiger partial charge in [-0.15, -0.1) is 0 Å². The second-order valence-corrected chi connectivity index (χ2v) is 7.61. The summed E-state index contributed by atoms with van der Waals surface area (Å²) in [6.45, 7) is 0.844. The van der Waals surface area contributed by atoms with Crippen molar-refractivity contribution in [3.05, 3.63) is 51.9 Å². The average molecular weight is 393 g/mol. The number of azide groups is 1. The van der Waals surface area contributed by atoms with Gasteiger partial charge in [0.2, 0.25) is 5.75 Å². The molecule has 7 heteroatoms. The number of hydrogen-bond acceptors (Lipinski definition) is 5. The number of fused-ring (bicyclic) bond motifs is 1. The highest BCUT2D eigenvalue weighted by Crippen LogP contribution is 2.50. The Hall–Kier alpha value is -3.18. The summed E-state index contributed by atoms with van der Waals surface area (Å²) in [5.74, 6) is 1.87. The van der Waals surface area contributed by atoms with Gasteiger partial charge in [-0.25, -0.2) is 0 Å². The van der Waals surface area contributed by atoms with Gasteiger partial charge < -0.3 is 14.2 Å². The molecule has 0 spiro atoms. The molecule has 0 aliphatic heterocycles. The Morgan fingerprint density at radius 1 is 1.03 bits per heavy atom. The fraction of sp³-hybridized carbons (Fsp3) is 0.409. The molecular formula is C22H23N3O4. The Bertz CT molecular complexity index is 1010. The highest BCUT2D eigenvalue weighted by atomic mass is 16.5. The summed E-state index contributed by atoms with van der Waals surface area (Å²) in [4.78, 5) is 15.1. The first-order valence-electron chi connectivity index (χ1n) is 9.66. The average Bonchev–Trinajstić information content (AvgIpc) is 3.43. The molecule has 0 heterocycles. The van der Waals surface area contributed by atoms with E-state index in [-0.39, 0.29) is 11.2 Å². The normalized spacial score (nSPS) is 16.0. The van der Waals surface area contributed by atoms with Crippen molar-refractivity contribution in [1.82, 2.24) is 0 Å². The predicted molar refractivity (Wildman–Crippen MR) is 109 cm³/mol. The number of carbonyl (C=O) groups is 1. The molecule has 4 rings (SSSR count). The van der Waals surface area contributed by atoms with Gasteiger partial charge in [-0.1, -0.05) is 23.3 Å². The molecule has 2 aliphatic rings. The molecule has 2 aliphatic carbocycles. The first kappa shape index (κ1) is 19.2. The molecule has 0 radical (unpaired) electrons. The lowest BCUT2D eigenvalue weighted by molar-refractivity contribution is 0.0994. The fourth-order valence-electron chi connectivity index (χ4n) is 3.93. The van der Waals surface area contributed by atoms with Crippen LogP contribution in [0, 0.1) is 5.41 Å². The minimum absolute atomic E-state index is 0.119. The smallest absolute Gasteiger partial charge is 0.203 e. The number of nitrogens with zero attached hydrogens (tertiary/aromatic N) is 3. The number of methoxy groups -OCH3 is 2. The Morgan fingerprint density at radius 2 is 1.83 bits per heavy atom. The van der Waals surface area contributed by atoms with Gasteiger partial charge in [0.25, 0.3) is 0 Å². The van der Waals surface area contributed by atoms with E-state index >= 15 is 0 Å². The van der Waals surface area contributed by atoms with E-state index in [0.717, 1.165) is 41.5 Å². The van der Waals surface area contributed by atoms with Gasteiger partial charge in [0.05, 0.1) is 20.8 Å². The predicted octanol–water partition coefficient (Wildman–Crippen LogP) is 4.97. The quantitative estimate of drug-likeness (QED) is 0.359. The maximum absolute atomic E-state index is 12.2. The van der Waals surface area contributed by atoms with Gasteiger partial charge in [0, 0.05) is 34.4 Å². The summed E-state index contributed by atoms with van der Waals surface area (Å²) in [6.07, 6.45) is 3.18. The molecule has 0 bridgehead atoms. The van der Waals surface area contributed by atoms with Gasteiger partial charge in [0.15, 0.2) is 17.3 Å². The Kier molecular flexibility index (Phi) is 5.07. The van der Waals surface area contributed by atoms with Crippen molar-refractivity contribution in [2.24, 2.45) is 10.5 Å². The number of ketones is 1. The van der Waals surface area contributed by atoms with Crippen molar-refractivity contribution < 1.29 is 19.0 Å². The third-order valence-corrected chi connectivity index (χ3v) is 5.82. The second-order valence-electron chi connectivity index (χ2n) is 7.61. The van der Waals surface area contributed by atoms with Gasteiger partial charge in [-0.05, 0) is 48.1 Å². The molecule has 2 aromatic rings. The molecule has 1 saturated carbocycles. The molecular weight excluding hydrogens is 370 g/mol. The zero-order chi connectivity index (χ0) is 20.4. The van der Waals surface area contributed by atoms with E-state index in [0.29, 0.717) is 36.8 Å². The summed E-state index contributed by atoms with van der Waals surface area (Å²) in [7, 11) is 3.17. The van der Waals surface area contributed by atoms with Crippen molar-refractivity contribution in [1.29, 1.82) is 0 Å². The van der Waals surface area contributed by atoms with Crippen LogP contribution >= 0.6 is 0 Å². The van der Waals surface area contributed by atoms with Crippen LogP contribution in [0.2, 0.25) is 0 Å². The van der Waals surface area contributed by atoms with Crippen LogP contribution < -0.4 is 14.2 Å². The molecule has 0 atom stereocenters. The van der Waals surface area contributed by atoms with Crippen molar-refractivity contribution >= 4 is 5.78 Å². The number of rotatable bonds is 8. The molecule has 7 nitrogen and oxygen atoms in total. The summed E-state index contributed by atoms with van der Waals surface area (Å²) >= 11 is 0. The van der Waals surface area contributed by atoms with E-state index in [1.807, 2.05) is 30.3 Å². The standard InChI is InChI=1S/C22H23N3O4/c1-27-19-9-7-17(14-4-3-5-16-15(14)6-8-18(16)26)20(21(19)28-2)29-13-22(10-11-22)12-24-25-23/h3-5,7,9H,6,8,10-13H2,1-2H3. The summed E-state index contributed by atoms with van der Waals surface area (Å²) in [5.41, 5.74) is 12.2. The Labute approximate surface area is 169 Å². The molecule has 1 fully saturated rings. The zero-order valence-electron chi connectivity index (χ0n) is 16.6. The van der Waals surface area contributed by atoms with Crippen molar-refractivity contribution in [2.75, 3.05) is 27.4 Å². The molecule has 0 amide bonds. The monoisotopic (exact) mass is 393 g/mol. The third-order valence-electron chi connectivity index (χ3n) is 5.82. The maximum atomic E-state index is 12.2. The maximum Gasteiger partial charge on any atom is 0.203 e. The molecule has 29 heavy (non-hydrogen) atoms. The topological polar surface area (TPSA) is 93.5 Å². The van der Waals surface area contributed by atoms with Gasteiger partial charge >= 0.3 is 0 Å². The van der Waals surface area contributed by atoms with Crippen LogP contribution in [0.25, 0.3) is 21.6 Å². The molecule has 0 unspecified atom stereocenters. The minimum Gasteiger partial charge on any atom is -0.493 e. The zero-order valence-corrected chi connectivity index (χ0v) is 16.6. The van der Waals surface area contributed by atoms with Crippen LogP contribution in [-0.2, 0) is 6.42 Å². The van der Waals surface area contributed by atoms with E-state index in [2.05, 4.69) is 10.0 Å². The van der Waals surface area contributed by atoms with E-state index in [4.69, 9.17) is 19.7 Å². The Morgan fingerprint density at radius 3 is 2.52 bits per heavy atom. The lowest BCUT2D eigenvalue weighted by atomic mass is 9.95. The number of ether oxygens (including phenoxy) is 3. The fourth-order valence-corrected chi connectivity index (χ4v) is 3.93. The Balaban J connectivity index is 1.77. The first-order valence-corrected chi connectivity index (χ1v) is 9.66. The van der Waals surface area contributed by atoms with E-state index in [1.54, 1.807) is 14.2 Å². The van der Waals surface area contributed by atoms with Crippen LogP contribution in [0.3, 0.4) is 0 Å². The van der Waals surface area contributed by atoms with Gasteiger partial charge in [-0.3, -0.25) is 4.79 Å². The van der Waals surface area contributed by atoms with Crippen molar-refractivity contribution in [3.8, 4) is 28.4 Å². The van der Waals surface area contributed by atoms with Crippen LogP contribution in [0.5, 0.6) is 17.2 Å². The summed E-state index contributed by atoms with van der Waals surface area (Å²) in [6, 6.07) is 9.60. The van der Waals surface area contributed by atoms with Gasteiger partial charge in [-0.2, -0.15) is 0 Å². The summed E-state index contributed by atoms with van der Waals surface area (Å²) in [5, 5.41) is 3.74. The molecule has 2 aromatic carbocycles. The number of benzene rings is 2. The number of carbonyl (C=O) groups excluding carboxylic acids is 1. The van der Waals surface area contributed by atoms with E-state index in [9.17, 15) is 4.79 Å². The van der Waals surface area contributed by atoms with Crippen LogP contribution in [0.4, 0.5) is 0 Å². The molecule has 0 saturated heterocycles. The first-order chi connectivity index (χ1) is 14.1. The van der Waals surface area contributed by atoms with E-state index < -0.39 is 0 Å². The highest BCUT2D eigenvalue weighted by Gasteiger charge is 2.43. The van der Waals surface area contributed by atoms with Crippen LogP contribution in [0.1, 0.15) is 35.2 Å². The minimum atomic E-state index is -0.119. The van der Waals surface area contributed by atoms with Crippen LogP contribution in [-0.4, -0.2) is 33.2 Å². The van der Waals surface area contributed by atoms with Crippen LogP contribution in [0.15, 0.2) is 35.4 Å². The lowest BCUT2D eigenvalue weighted by Crippen LogP contribution is -2.17. The second kappa shape index (κ2) is 7.68. The largest absolute Gasteiger partial charge is 0.493 e. The molecule has 0 aromatic heterocycles. The summed E-state index contributed by atoms with van der Waals surface area (Å²) < 4.78 is 17.4. The SMILES string of the molecule is COc1ccc(-c2cccc3c2CCC3=O)c(OCC2(CN=[N+]=[N-])CC2)c1OC. The van der Waals surface area contributed by atoms with Gasteiger partial charge in [0.1, 0.15) is 0 Å². The number of Topliss-reactive ketones (excluding diaryl/α,β-unsaturated/α-hetero) is 1. The van der Waals surface area contributed by atoms with Crippen molar-refractivity contribution in [2.45, 2.75) is 25.7 Å². The molecule has 0 N–H and O–H groups in total. The van der Waals surface area contributed by atoms with E-state index in [1.165, 1.54) is 0 Å².